The van der Waals surface area contributed by atoms with Crippen molar-refractivity contribution in [2.24, 2.45) is 0 Å². The lowest BCUT2D eigenvalue weighted by Crippen LogP contribution is -2.35. The van der Waals surface area contributed by atoms with Gasteiger partial charge in [-0.2, -0.15) is 4.98 Å². The molecule has 134 valence electrons. The smallest absolute Gasteiger partial charge is 0.226 e. The van der Waals surface area contributed by atoms with E-state index in [-0.39, 0.29) is 0 Å². The fourth-order valence-electron chi connectivity index (χ4n) is 3.54. The molecule has 1 unspecified atom stereocenters. The second-order valence-corrected chi connectivity index (χ2v) is 6.96. The van der Waals surface area contributed by atoms with E-state index in [0.717, 1.165) is 37.1 Å². The lowest BCUT2D eigenvalue weighted by Gasteiger charge is -2.27. The van der Waals surface area contributed by atoms with Crippen LogP contribution in [0.3, 0.4) is 0 Å². The highest BCUT2D eigenvalue weighted by atomic mass is 15.3. The molecular weight excluding hydrogens is 324 g/mol. The zero-order chi connectivity index (χ0) is 18.1. The Bertz CT molecular complexity index is 904. The summed E-state index contributed by atoms with van der Waals surface area (Å²) in [6.07, 6.45) is 4.82. The molecule has 1 aliphatic heterocycles. The van der Waals surface area contributed by atoms with Crippen molar-refractivity contribution in [3.05, 3.63) is 48.8 Å². The summed E-state index contributed by atoms with van der Waals surface area (Å²) < 4.78 is 0. The predicted molar refractivity (Wildman–Crippen MR) is 107 cm³/mol. The Hall–Kier alpha value is -2.89. The van der Waals surface area contributed by atoms with Crippen molar-refractivity contribution in [2.75, 3.05) is 48.9 Å². The molecule has 1 fully saturated rings. The van der Waals surface area contributed by atoms with E-state index in [0.29, 0.717) is 6.04 Å². The van der Waals surface area contributed by atoms with Gasteiger partial charge in [0.25, 0.3) is 0 Å². The van der Waals surface area contributed by atoms with E-state index in [1.165, 1.54) is 10.8 Å². The Morgan fingerprint density at radius 2 is 1.81 bits per heavy atom. The molecule has 4 rings (SSSR count). The highest BCUT2D eigenvalue weighted by Crippen LogP contribution is 2.29. The highest BCUT2D eigenvalue weighted by molar-refractivity contribution is 5.92. The number of hydrogen-bond donors (Lipinski definition) is 0. The molecule has 0 saturated carbocycles. The van der Waals surface area contributed by atoms with Gasteiger partial charge < -0.3 is 14.7 Å². The van der Waals surface area contributed by atoms with Crippen LogP contribution in [0.5, 0.6) is 0 Å². The summed E-state index contributed by atoms with van der Waals surface area (Å²) >= 11 is 0. The topological polar surface area (TPSA) is 48.4 Å². The summed E-state index contributed by atoms with van der Waals surface area (Å²) in [4.78, 5) is 20.2. The van der Waals surface area contributed by atoms with Crippen molar-refractivity contribution in [3.8, 4) is 0 Å². The van der Waals surface area contributed by atoms with Crippen LogP contribution in [-0.2, 0) is 0 Å². The van der Waals surface area contributed by atoms with Crippen LogP contribution in [0, 0.1) is 0 Å². The summed E-state index contributed by atoms with van der Waals surface area (Å²) in [6, 6.07) is 12.9. The van der Waals surface area contributed by atoms with Gasteiger partial charge in [0.15, 0.2) is 0 Å². The number of rotatable bonds is 4. The van der Waals surface area contributed by atoms with E-state index in [1.807, 2.05) is 37.5 Å². The standard InChI is InChI=1S/C20H24N6/c1-24(2)20-22-12-9-18(23-20)25(3)16-10-13-26(14-16)19-17-7-5-4-6-15(17)8-11-21-19/h4-9,11-12,16H,10,13-14H2,1-3H3. The van der Waals surface area contributed by atoms with Gasteiger partial charge in [0.05, 0.1) is 0 Å². The maximum absolute atomic E-state index is 4.67. The first-order valence-electron chi connectivity index (χ1n) is 8.95. The normalized spacial score (nSPS) is 16.9. The molecule has 2 aromatic heterocycles. The van der Waals surface area contributed by atoms with E-state index in [9.17, 15) is 0 Å². The number of benzene rings is 1. The monoisotopic (exact) mass is 348 g/mol. The van der Waals surface area contributed by atoms with E-state index >= 15 is 0 Å². The van der Waals surface area contributed by atoms with Gasteiger partial charge in [-0.3, -0.25) is 0 Å². The van der Waals surface area contributed by atoms with Crippen molar-refractivity contribution in [2.45, 2.75) is 12.5 Å². The largest absolute Gasteiger partial charge is 0.355 e. The van der Waals surface area contributed by atoms with Crippen LogP contribution in [0.2, 0.25) is 0 Å². The van der Waals surface area contributed by atoms with Crippen molar-refractivity contribution < 1.29 is 0 Å². The molecule has 0 radical (unpaired) electrons. The maximum atomic E-state index is 4.67. The number of hydrogen-bond acceptors (Lipinski definition) is 6. The van der Waals surface area contributed by atoms with Crippen molar-refractivity contribution in [1.82, 2.24) is 15.0 Å². The summed E-state index contributed by atoms with van der Waals surface area (Å²) in [7, 11) is 6.04. The van der Waals surface area contributed by atoms with Crippen LogP contribution < -0.4 is 14.7 Å². The van der Waals surface area contributed by atoms with Gasteiger partial charge in [-0.1, -0.05) is 24.3 Å². The first-order chi connectivity index (χ1) is 12.6. The molecule has 0 N–H and O–H groups in total. The molecule has 0 amide bonds. The highest BCUT2D eigenvalue weighted by Gasteiger charge is 2.28. The summed E-state index contributed by atoms with van der Waals surface area (Å²) in [6.45, 7) is 1.94. The average Bonchev–Trinajstić information content (AvgIpc) is 3.17. The number of aromatic nitrogens is 3. The molecule has 1 atom stereocenters. The summed E-state index contributed by atoms with van der Waals surface area (Å²) in [5.74, 6) is 2.78. The zero-order valence-electron chi connectivity index (χ0n) is 15.5. The quantitative estimate of drug-likeness (QED) is 0.723. The van der Waals surface area contributed by atoms with Gasteiger partial charge in [-0.05, 0) is 23.9 Å². The Morgan fingerprint density at radius 3 is 2.65 bits per heavy atom. The third-order valence-corrected chi connectivity index (χ3v) is 5.05. The lowest BCUT2D eigenvalue weighted by molar-refractivity contribution is 0.682. The van der Waals surface area contributed by atoms with Gasteiger partial charge in [-0.25, -0.2) is 9.97 Å². The Balaban J connectivity index is 1.55. The minimum atomic E-state index is 0.403. The molecule has 3 heterocycles. The van der Waals surface area contributed by atoms with Crippen LogP contribution >= 0.6 is 0 Å². The fourth-order valence-corrected chi connectivity index (χ4v) is 3.54. The second kappa shape index (κ2) is 6.78. The number of pyridine rings is 1. The van der Waals surface area contributed by atoms with Crippen LogP contribution in [0.25, 0.3) is 10.8 Å². The maximum Gasteiger partial charge on any atom is 0.226 e. The molecule has 1 aliphatic rings. The SMILES string of the molecule is CN(C)c1nccc(N(C)C2CCN(c3nccc4ccccc34)C2)n1. The number of nitrogens with zero attached hydrogens (tertiary/aromatic N) is 6. The van der Waals surface area contributed by atoms with Crippen LogP contribution in [0.15, 0.2) is 48.8 Å². The van der Waals surface area contributed by atoms with Gasteiger partial charge in [0.1, 0.15) is 11.6 Å². The number of likely N-dealkylation sites (N-methyl/N-ethyl adjacent to an activating group) is 1. The molecule has 26 heavy (non-hydrogen) atoms. The van der Waals surface area contributed by atoms with Gasteiger partial charge in [0, 0.05) is 58.1 Å². The van der Waals surface area contributed by atoms with Gasteiger partial charge in [-0.15, -0.1) is 0 Å². The van der Waals surface area contributed by atoms with Gasteiger partial charge >= 0.3 is 0 Å². The Labute approximate surface area is 154 Å². The summed E-state index contributed by atoms with van der Waals surface area (Å²) in [5, 5.41) is 2.45. The Morgan fingerprint density at radius 1 is 1.00 bits per heavy atom. The molecule has 1 aromatic carbocycles. The molecule has 1 saturated heterocycles. The van der Waals surface area contributed by atoms with E-state index < -0.39 is 0 Å². The van der Waals surface area contributed by atoms with Crippen LogP contribution in [0.1, 0.15) is 6.42 Å². The molecular formula is C20H24N6. The van der Waals surface area contributed by atoms with E-state index in [2.05, 4.69) is 62.1 Å². The van der Waals surface area contributed by atoms with E-state index in [4.69, 9.17) is 0 Å². The number of anilines is 3. The van der Waals surface area contributed by atoms with Crippen molar-refractivity contribution in [3.63, 3.8) is 0 Å². The molecule has 3 aromatic rings. The second-order valence-electron chi connectivity index (χ2n) is 6.96. The molecule has 6 nitrogen and oxygen atoms in total. The first kappa shape index (κ1) is 16.6. The Kier molecular flexibility index (Phi) is 4.32. The van der Waals surface area contributed by atoms with Crippen LogP contribution in [-0.4, -0.2) is 55.2 Å². The van der Waals surface area contributed by atoms with Crippen molar-refractivity contribution in [1.29, 1.82) is 0 Å². The molecule has 6 heteroatoms. The minimum Gasteiger partial charge on any atom is -0.355 e. The molecule has 0 spiro atoms. The molecule has 0 aliphatic carbocycles. The van der Waals surface area contributed by atoms with E-state index in [1.54, 1.807) is 0 Å². The lowest BCUT2D eigenvalue weighted by atomic mass is 10.1. The predicted octanol–water partition coefficient (Wildman–Crippen LogP) is 2.81. The fraction of sp³-hybridized carbons (Fsp3) is 0.350. The summed E-state index contributed by atoms with van der Waals surface area (Å²) in [5.41, 5.74) is 0. The average molecular weight is 348 g/mol. The van der Waals surface area contributed by atoms with Gasteiger partial charge in [0.2, 0.25) is 5.95 Å². The van der Waals surface area contributed by atoms with Crippen molar-refractivity contribution >= 4 is 28.4 Å². The van der Waals surface area contributed by atoms with Crippen LogP contribution in [0.4, 0.5) is 17.6 Å². The number of fused-ring (bicyclic) bond motifs is 1. The zero-order valence-corrected chi connectivity index (χ0v) is 15.5. The third kappa shape index (κ3) is 3.03. The third-order valence-electron chi connectivity index (χ3n) is 5.05. The minimum absolute atomic E-state index is 0.403. The first-order valence-corrected chi connectivity index (χ1v) is 8.95. The molecule has 0 bridgehead atoms.